The average molecular weight is 529 g/mol. The van der Waals surface area contributed by atoms with E-state index >= 15 is 0 Å². The van der Waals surface area contributed by atoms with Gasteiger partial charge in [0.05, 0.1) is 19.1 Å². The first kappa shape index (κ1) is 28.5. The quantitative estimate of drug-likeness (QED) is 0.528. The van der Waals surface area contributed by atoms with E-state index in [9.17, 15) is 14.4 Å². The number of benzene rings is 2. The maximum absolute atomic E-state index is 12.8. The summed E-state index contributed by atoms with van der Waals surface area (Å²) in [4.78, 5) is 38.2. The first-order chi connectivity index (χ1) is 17.8. The van der Waals surface area contributed by atoms with Crippen molar-refractivity contribution in [3.63, 3.8) is 0 Å². The fourth-order valence-electron chi connectivity index (χ4n) is 4.00. The van der Waals surface area contributed by atoms with Crippen LogP contribution in [0, 0.1) is 12.8 Å². The summed E-state index contributed by atoms with van der Waals surface area (Å²) in [5, 5.41) is 9.53. The van der Waals surface area contributed by atoms with Gasteiger partial charge in [-0.2, -0.15) is 0 Å². The van der Waals surface area contributed by atoms with Crippen LogP contribution in [-0.2, 0) is 20.8 Å². The molecule has 8 nitrogen and oxygen atoms in total. The van der Waals surface area contributed by atoms with Crippen molar-refractivity contribution >= 4 is 29.3 Å². The van der Waals surface area contributed by atoms with Gasteiger partial charge in [0.2, 0.25) is 17.7 Å². The highest BCUT2D eigenvalue weighted by atomic mass is 35.5. The molecule has 1 fully saturated rings. The lowest BCUT2D eigenvalue weighted by molar-refractivity contribution is -0.137. The lowest BCUT2D eigenvalue weighted by atomic mass is 10.1. The van der Waals surface area contributed by atoms with Gasteiger partial charge in [0, 0.05) is 25.2 Å². The summed E-state index contributed by atoms with van der Waals surface area (Å²) in [6, 6.07) is 15.3. The normalized spacial score (nSPS) is 20.1. The van der Waals surface area contributed by atoms with Crippen LogP contribution in [0.5, 0.6) is 5.75 Å². The van der Waals surface area contributed by atoms with Gasteiger partial charge in [-0.3, -0.25) is 14.4 Å². The molecule has 1 atom stereocenters. The van der Waals surface area contributed by atoms with Crippen LogP contribution in [0.1, 0.15) is 30.4 Å². The van der Waals surface area contributed by atoms with Gasteiger partial charge in [0.1, 0.15) is 12.4 Å². The van der Waals surface area contributed by atoms with Gasteiger partial charge in [0.15, 0.2) is 0 Å². The van der Waals surface area contributed by atoms with Crippen LogP contribution >= 0.6 is 11.6 Å². The molecule has 3 N–H and O–H groups in total. The molecule has 2 aromatic rings. The van der Waals surface area contributed by atoms with E-state index in [-0.39, 0.29) is 36.9 Å². The number of halogens is 1. The van der Waals surface area contributed by atoms with E-state index < -0.39 is 0 Å². The van der Waals surface area contributed by atoms with Crippen molar-refractivity contribution in [1.82, 2.24) is 20.9 Å². The zero-order valence-electron chi connectivity index (χ0n) is 21.6. The number of ether oxygens (including phenoxy) is 1. The second-order valence-corrected chi connectivity index (χ2v) is 9.81. The number of nitrogens with one attached hydrogen (secondary N) is 3. The number of rotatable bonds is 1. The lowest BCUT2D eigenvalue weighted by Crippen LogP contribution is -2.50. The van der Waals surface area contributed by atoms with Gasteiger partial charge in [0.25, 0.3) is 0 Å². The zero-order chi connectivity index (χ0) is 26.6. The van der Waals surface area contributed by atoms with Crippen LogP contribution in [0.4, 0.5) is 0 Å². The summed E-state index contributed by atoms with van der Waals surface area (Å²) in [5.41, 5.74) is 2.22. The van der Waals surface area contributed by atoms with Gasteiger partial charge >= 0.3 is 0 Å². The molecule has 200 valence electrons. The second kappa shape index (κ2) is 14.6. The minimum absolute atomic E-state index is 0.0686. The summed E-state index contributed by atoms with van der Waals surface area (Å²) in [6.45, 7) is 3.35. The van der Waals surface area contributed by atoms with E-state index in [0.29, 0.717) is 25.6 Å². The van der Waals surface area contributed by atoms with Gasteiger partial charge < -0.3 is 25.6 Å². The molecule has 0 bridgehead atoms. The number of likely N-dealkylation sites (N-methyl/N-ethyl adjacent to an activating group) is 1. The molecule has 0 saturated heterocycles. The SMILES string of the molecule is CN1CC(=O)NCC(=O)NCCCc2ccccc2OCCNC(C2CC2)C1=O.Cc1ccccc1Cl. The molecule has 3 amide bonds. The van der Waals surface area contributed by atoms with Crippen molar-refractivity contribution < 1.29 is 19.1 Å². The molecule has 0 aromatic heterocycles. The minimum Gasteiger partial charge on any atom is -0.492 e. The Hall–Kier alpha value is -3.10. The maximum Gasteiger partial charge on any atom is 0.240 e. The third-order valence-electron chi connectivity index (χ3n) is 6.28. The van der Waals surface area contributed by atoms with Crippen molar-refractivity contribution in [2.75, 3.05) is 39.8 Å². The van der Waals surface area contributed by atoms with Crippen molar-refractivity contribution in [2.24, 2.45) is 5.92 Å². The molecular weight excluding hydrogens is 492 g/mol. The van der Waals surface area contributed by atoms with Crippen molar-refractivity contribution in [3.05, 3.63) is 64.7 Å². The molecule has 0 radical (unpaired) electrons. The summed E-state index contributed by atoms with van der Waals surface area (Å²) in [7, 11) is 1.62. The molecule has 1 heterocycles. The number of para-hydroxylation sites is 1. The molecule has 1 aliphatic heterocycles. The summed E-state index contributed by atoms with van der Waals surface area (Å²) < 4.78 is 5.94. The Labute approximate surface area is 224 Å². The minimum atomic E-state index is -0.344. The molecule has 1 saturated carbocycles. The van der Waals surface area contributed by atoms with Crippen LogP contribution in [0.25, 0.3) is 0 Å². The van der Waals surface area contributed by atoms with E-state index in [2.05, 4.69) is 16.0 Å². The van der Waals surface area contributed by atoms with Gasteiger partial charge in [-0.15, -0.1) is 0 Å². The maximum atomic E-state index is 12.8. The smallest absolute Gasteiger partial charge is 0.240 e. The average Bonchev–Trinajstić information content (AvgIpc) is 3.73. The van der Waals surface area contributed by atoms with Gasteiger partial charge in [-0.25, -0.2) is 0 Å². The molecule has 37 heavy (non-hydrogen) atoms. The lowest BCUT2D eigenvalue weighted by Gasteiger charge is -2.24. The predicted octanol–water partition coefficient (Wildman–Crippen LogP) is 2.72. The third-order valence-corrected chi connectivity index (χ3v) is 6.70. The topological polar surface area (TPSA) is 99.8 Å². The summed E-state index contributed by atoms with van der Waals surface area (Å²) >= 11 is 5.71. The summed E-state index contributed by atoms with van der Waals surface area (Å²) in [6.07, 6.45) is 3.57. The fraction of sp³-hybridized carbons (Fsp3) is 0.464. The number of aryl methyl sites for hydroxylation is 2. The van der Waals surface area contributed by atoms with E-state index in [1.54, 1.807) is 7.05 Å². The standard InChI is InChI=1S/C21H30N4O4.C7H7Cl/c1-25-14-19(27)24-13-18(26)22-10-4-6-15-5-2-3-7-17(15)29-12-11-23-20(21(25)28)16-8-9-16;1-6-4-2-3-5-7(6)8/h2-3,5,7,16,20,23H,4,6,8-14H2,1H3,(H,22,26)(H,24,27);2-5H,1H3. The van der Waals surface area contributed by atoms with Crippen LogP contribution in [0.2, 0.25) is 5.02 Å². The van der Waals surface area contributed by atoms with E-state index in [1.807, 2.05) is 55.5 Å². The van der Waals surface area contributed by atoms with E-state index in [4.69, 9.17) is 16.3 Å². The number of carbonyl (C=O) groups excluding carboxylic acids is 3. The Morgan fingerprint density at radius 1 is 0.946 bits per heavy atom. The Kier molecular flexibility index (Phi) is 11.2. The Morgan fingerprint density at radius 3 is 2.38 bits per heavy atom. The van der Waals surface area contributed by atoms with Crippen molar-refractivity contribution in [1.29, 1.82) is 0 Å². The second-order valence-electron chi connectivity index (χ2n) is 9.40. The monoisotopic (exact) mass is 528 g/mol. The highest BCUT2D eigenvalue weighted by Gasteiger charge is 2.37. The first-order valence-electron chi connectivity index (χ1n) is 12.8. The number of fused-ring (bicyclic) bond motifs is 1. The van der Waals surface area contributed by atoms with Crippen molar-refractivity contribution in [3.8, 4) is 5.75 Å². The molecule has 4 rings (SSSR count). The largest absolute Gasteiger partial charge is 0.492 e. The predicted molar refractivity (Wildman–Crippen MR) is 145 cm³/mol. The van der Waals surface area contributed by atoms with E-state index in [1.165, 1.54) is 4.90 Å². The van der Waals surface area contributed by atoms with Gasteiger partial charge in [-0.05, 0) is 61.8 Å². The number of hydrogen-bond acceptors (Lipinski definition) is 5. The Balaban J connectivity index is 0.000000405. The fourth-order valence-corrected chi connectivity index (χ4v) is 4.13. The number of carbonyl (C=O) groups is 3. The van der Waals surface area contributed by atoms with Crippen LogP contribution in [0.15, 0.2) is 48.5 Å². The first-order valence-corrected chi connectivity index (χ1v) is 13.2. The molecule has 1 unspecified atom stereocenters. The van der Waals surface area contributed by atoms with Crippen LogP contribution < -0.4 is 20.7 Å². The zero-order valence-corrected chi connectivity index (χ0v) is 22.4. The number of hydrogen-bond donors (Lipinski definition) is 3. The molecule has 9 heteroatoms. The van der Waals surface area contributed by atoms with Crippen LogP contribution in [0.3, 0.4) is 0 Å². The Morgan fingerprint density at radius 2 is 1.68 bits per heavy atom. The molecule has 1 aliphatic carbocycles. The Bertz CT molecular complexity index is 1040. The van der Waals surface area contributed by atoms with Crippen molar-refractivity contribution in [2.45, 2.75) is 38.6 Å². The summed E-state index contributed by atoms with van der Waals surface area (Å²) in [5.74, 6) is 0.449. The van der Waals surface area contributed by atoms with Crippen LogP contribution in [-0.4, -0.2) is 68.5 Å². The van der Waals surface area contributed by atoms with Gasteiger partial charge in [-0.1, -0.05) is 48.0 Å². The highest BCUT2D eigenvalue weighted by molar-refractivity contribution is 6.31. The molecular formula is C28H37ClN4O4. The molecule has 2 aliphatic rings. The van der Waals surface area contributed by atoms with E-state index in [0.717, 1.165) is 47.6 Å². The third kappa shape index (κ3) is 9.70. The number of nitrogens with zero attached hydrogens (tertiary/aromatic N) is 1. The number of amides is 3. The molecule has 2 aromatic carbocycles. The highest BCUT2D eigenvalue weighted by Crippen LogP contribution is 2.33. The molecule has 0 spiro atoms.